The van der Waals surface area contributed by atoms with E-state index < -0.39 is 32.4 Å². The molecular formula is C20H19F3N2O5S2. The molecule has 1 saturated heterocycles. The van der Waals surface area contributed by atoms with E-state index in [1.165, 1.54) is 16.7 Å². The van der Waals surface area contributed by atoms with Crippen molar-refractivity contribution in [2.75, 3.05) is 45.1 Å². The SMILES string of the molecule is O=C(CSc1ccc2c(c1)OCCO2)N1CCN(S(=O)(=O)c2ccc(F)c(F)c2F)CC1. The fourth-order valence-corrected chi connectivity index (χ4v) is 5.68. The molecule has 7 nitrogen and oxygen atoms in total. The molecule has 1 amide bonds. The fraction of sp³-hybridized carbons (Fsp3) is 0.350. The van der Waals surface area contributed by atoms with Crippen molar-refractivity contribution in [1.29, 1.82) is 0 Å². The first-order chi connectivity index (χ1) is 15.3. The van der Waals surface area contributed by atoms with Crippen LogP contribution in [0, 0.1) is 17.5 Å². The Morgan fingerprint density at radius 2 is 1.62 bits per heavy atom. The van der Waals surface area contributed by atoms with Crippen molar-refractivity contribution in [2.45, 2.75) is 9.79 Å². The highest BCUT2D eigenvalue weighted by Gasteiger charge is 2.33. The van der Waals surface area contributed by atoms with E-state index in [1.54, 1.807) is 12.1 Å². The van der Waals surface area contributed by atoms with Crippen molar-refractivity contribution in [3.05, 3.63) is 47.8 Å². The van der Waals surface area contributed by atoms with E-state index in [0.717, 1.165) is 9.20 Å². The second-order valence-electron chi connectivity index (χ2n) is 7.05. The van der Waals surface area contributed by atoms with Gasteiger partial charge in [0.2, 0.25) is 15.9 Å². The van der Waals surface area contributed by atoms with Gasteiger partial charge in [-0.05, 0) is 30.3 Å². The Hall–Kier alpha value is -2.44. The molecule has 1 fully saturated rings. The van der Waals surface area contributed by atoms with Crippen LogP contribution in [0.15, 0.2) is 40.1 Å². The maximum atomic E-state index is 14.0. The van der Waals surface area contributed by atoms with Gasteiger partial charge in [0.15, 0.2) is 29.0 Å². The quantitative estimate of drug-likeness (QED) is 0.476. The summed E-state index contributed by atoms with van der Waals surface area (Å²) in [6.45, 7) is 0.989. The predicted molar refractivity (Wildman–Crippen MR) is 110 cm³/mol. The summed E-state index contributed by atoms with van der Waals surface area (Å²) in [4.78, 5) is 14.0. The summed E-state index contributed by atoms with van der Waals surface area (Å²) in [7, 11) is -4.36. The molecule has 172 valence electrons. The number of ether oxygens (including phenoxy) is 2. The van der Waals surface area contributed by atoms with E-state index in [4.69, 9.17) is 9.47 Å². The van der Waals surface area contributed by atoms with Crippen LogP contribution in [0.3, 0.4) is 0 Å². The van der Waals surface area contributed by atoms with Gasteiger partial charge >= 0.3 is 0 Å². The van der Waals surface area contributed by atoms with Crippen molar-refractivity contribution < 1.29 is 35.9 Å². The standard InChI is InChI=1S/C20H19F3N2O5S2/c21-14-2-4-17(20(23)19(14)22)32(27,28)25-7-5-24(6-8-25)18(26)12-31-13-1-3-15-16(11-13)30-10-9-29-15/h1-4,11H,5-10,12H2. The van der Waals surface area contributed by atoms with E-state index in [2.05, 4.69) is 0 Å². The summed E-state index contributed by atoms with van der Waals surface area (Å²) in [6.07, 6.45) is 0. The van der Waals surface area contributed by atoms with E-state index in [-0.39, 0.29) is 37.8 Å². The number of fused-ring (bicyclic) bond motifs is 1. The van der Waals surface area contributed by atoms with Gasteiger partial charge in [0.05, 0.1) is 5.75 Å². The topological polar surface area (TPSA) is 76.2 Å². The molecule has 0 spiro atoms. The summed E-state index contributed by atoms with van der Waals surface area (Å²) >= 11 is 1.32. The van der Waals surface area contributed by atoms with Gasteiger partial charge in [-0.15, -0.1) is 11.8 Å². The number of rotatable bonds is 5. The average Bonchev–Trinajstić information content (AvgIpc) is 2.80. The Bertz CT molecular complexity index is 1140. The molecule has 0 N–H and O–H groups in total. The van der Waals surface area contributed by atoms with Gasteiger partial charge in [-0.1, -0.05) is 0 Å². The molecule has 2 aromatic rings. The molecule has 2 aliphatic heterocycles. The lowest BCUT2D eigenvalue weighted by Gasteiger charge is -2.34. The van der Waals surface area contributed by atoms with Crippen LogP contribution in [0.4, 0.5) is 13.2 Å². The number of carbonyl (C=O) groups is 1. The zero-order chi connectivity index (χ0) is 22.9. The summed E-state index contributed by atoms with van der Waals surface area (Å²) in [5.74, 6) is -3.81. The molecule has 2 aromatic carbocycles. The van der Waals surface area contributed by atoms with E-state index >= 15 is 0 Å². The van der Waals surface area contributed by atoms with Gasteiger partial charge < -0.3 is 14.4 Å². The smallest absolute Gasteiger partial charge is 0.246 e. The van der Waals surface area contributed by atoms with Crippen molar-refractivity contribution in [3.63, 3.8) is 0 Å². The third kappa shape index (κ3) is 4.52. The lowest BCUT2D eigenvalue weighted by Crippen LogP contribution is -2.51. The summed E-state index contributed by atoms with van der Waals surface area (Å²) in [5, 5.41) is 0. The molecule has 0 aliphatic carbocycles. The number of halogens is 3. The van der Waals surface area contributed by atoms with Crippen LogP contribution in [0.25, 0.3) is 0 Å². The highest BCUT2D eigenvalue weighted by molar-refractivity contribution is 8.00. The van der Waals surface area contributed by atoms with Crippen molar-refractivity contribution in [2.24, 2.45) is 0 Å². The lowest BCUT2D eigenvalue weighted by molar-refractivity contribution is -0.129. The molecule has 0 atom stereocenters. The van der Waals surface area contributed by atoms with Crippen LogP contribution in [0.2, 0.25) is 0 Å². The van der Waals surface area contributed by atoms with Crippen molar-refractivity contribution >= 4 is 27.7 Å². The van der Waals surface area contributed by atoms with E-state index in [9.17, 15) is 26.4 Å². The number of benzene rings is 2. The van der Waals surface area contributed by atoms with Crippen LogP contribution in [0.1, 0.15) is 0 Å². The van der Waals surface area contributed by atoms with Crippen molar-refractivity contribution in [3.8, 4) is 11.5 Å². The van der Waals surface area contributed by atoms with Crippen LogP contribution < -0.4 is 9.47 Å². The van der Waals surface area contributed by atoms with Gasteiger partial charge in [0.25, 0.3) is 0 Å². The third-order valence-electron chi connectivity index (χ3n) is 5.08. The maximum Gasteiger partial charge on any atom is 0.246 e. The van der Waals surface area contributed by atoms with Gasteiger partial charge in [-0.3, -0.25) is 4.79 Å². The molecule has 0 aromatic heterocycles. The minimum atomic E-state index is -4.36. The number of hydrogen-bond acceptors (Lipinski definition) is 6. The molecule has 0 unspecified atom stereocenters. The van der Waals surface area contributed by atoms with Crippen LogP contribution in [-0.4, -0.2) is 68.7 Å². The summed E-state index contributed by atoms with van der Waals surface area (Å²) in [5.41, 5.74) is 0. The highest BCUT2D eigenvalue weighted by atomic mass is 32.2. The first-order valence-electron chi connectivity index (χ1n) is 9.71. The van der Waals surface area contributed by atoms with E-state index in [0.29, 0.717) is 36.8 Å². The summed E-state index contributed by atoms with van der Waals surface area (Å²) in [6, 6.07) is 6.67. The van der Waals surface area contributed by atoms with Crippen LogP contribution >= 0.6 is 11.8 Å². The normalized spacial score (nSPS) is 16.8. The number of carbonyl (C=O) groups excluding carboxylic acids is 1. The Balaban J connectivity index is 1.34. The molecule has 4 rings (SSSR count). The average molecular weight is 489 g/mol. The van der Waals surface area contributed by atoms with Crippen molar-refractivity contribution in [1.82, 2.24) is 9.21 Å². The fourth-order valence-electron chi connectivity index (χ4n) is 3.37. The number of amides is 1. The largest absolute Gasteiger partial charge is 0.486 e. The molecule has 12 heteroatoms. The molecule has 0 radical (unpaired) electrons. The Labute approximate surface area is 187 Å². The Kier molecular flexibility index (Phi) is 6.54. The number of nitrogens with zero attached hydrogens (tertiary/aromatic N) is 2. The second-order valence-corrected chi connectivity index (χ2v) is 10.0. The first kappa shape index (κ1) is 22.7. The van der Waals surface area contributed by atoms with Crippen LogP contribution in [0.5, 0.6) is 11.5 Å². The molecule has 32 heavy (non-hydrogen) atoms. The number of piperazine rings is 1. The first-order valence-corrected chi connectivity index (χ1v) is 12.1. The van der Waals surface area contributed by atoms with Gasteiger partial charge in [-0.2, -0.15) is 4.31 Å². The predicted octanol–water partition coefficient (Wildman–Crippen LogP) is 2.50. The maximum absolute atomic E-state index is 14.0. The Morgan fingerprint density at radius 3 is 2.34 bits per heavy atom. The molecule has 2 aliphatic rings. The monoisotopic (exact) mass is 488 g/mol. The minimum Gasteiger partial charge on any atom is -0.486 e. The van der Waals surface area contributed by atoms with Gasteiger partial charge in [0, 0.05) is 31.1 Å². The van der Waals surface area contributed by atoms with E-state index in [1.807, 2.05) is 6.07 Å². The molecular weight excluding hydrogens is 469 g/mol. The highest BCUT2D eigenvalue weighted by Crippen LogP contribution is 2.34. The second kappa shape index (κ2) is 9.20. The zero-order valence-electron chi connectivity index (χ0n) is 16.7. The zero-order valence-corrected chi connectivity index (χ0v) is 18.4. The third-order valence-corrected chi connectivity index (χ3v) is 7.98. The molecule has 0 saturated carbocycles. The van der Waals surface area contributed by atoms with Gasteiger partial charge in [0.1, 0.15) is 18.1 Å². The Morgan fingerprint density at radius 1 is 0.938 bits per heavy atom. The molecule has 2 heterocycles. The summed E-state index contributed by atoms with van der Waals surface area (Å²) < 4.78 is 77.8. The lowest BCUT2D eigenvalue weighted by atomic mass is 10.3. The molecule has 0 bridgehead atoms. The number of hydrogen-bond donors (Lipinski definition) is 0. The van der Waals surface area contributed by atoms with Gasteiger partial charge in [-0.25, -0.2) is 21.6 Å². The number of thioether (sulfide) groups is 1. The minimum absolute atomic E-state index is 0.0821. The number of sulfonamides is 1. The van der Waals surface area contributed by atoms with Crippen LogP contribution in [-0.2, 0) is 14.8 Å².